The van der Waals surface area contributed by atoms with Crippen LogP contribution in [-0.4, -0.2) is 75.7 Å². The van der Waals surface area contributed by atoms with E-state index >= 15 is 0 Å². The Morgan fingerprint density at radius 2 is 2.29 bits per heavy atom. The van der Waals surface area contributed by atoms with Gasteiger partial charge in [-0.1, -0.05) is 6.08 Å². The SMILES string of the molecule is C=CCN1C(=O)[C@@](O)(C(=[N+]=[N-])C(=O)OCC)[C@@H]1C1COC(C)(C)O1. The third-order valence-corrected chi connectivity index (χ3v) is 3.99. The molecule has 3 atom stereocenters. The zero-order chi connectivity index (χ0) is 18.1. The lowest BCUT2D eigenvalue weighted by Crippen LogP contribution is -2.81. The highest BCUT2D eigenvalue weighted by molar-refractivity contribution is 6.43. The first-order chi connectivity index (χ1) is 11.2. The first kappa shape index (κ1) is 18.3. The number of esters is 1. The lowest BCUT2D eigenvalue weighted by molar-refractivity contribution is -0.206. The standard InChI is InChI=1S/C15H21N3O6/c1-5-7-18-11(9-8-23-14(3,4)24-9)15(21,13(18)20)10(17-16)12(19)22-6-2/h5,9,11,21H,1,6-8H2,2-4H3/t9?,11-,15+/m0/s1. The first-order valence-corrected chi connectivity index (χ1v) is 7.58. The van der Waals surface area contributed by atoms with Crippen LogP contribution in [0.3, 0.4) is 0 Å². The number of hydrogen-bond donors (Lipinski definition) is 1. The van der Waals surface area contributed by atoms with E-state index in [1.165, 1.54) is 11.0 Å². The van der Waals surface area contributed by atoms with Gasteiger partial charge in [-0.25, -0.2) is 4.79 Å². The summed E-state index contributed by atoms with van der Waals surface area (Å²) in [5.74, 6) is -2.76. The number of ether oxygens (including phenoxy) is 3. The average Bonchev–Trinajstić information content (AvgIpc) is 2.86. The Morgan fingerprint density at radius 1 is 1.62 bits per heavy atom. The number of aliphatic hydroxyl groups is 1. The molecule has 2 heterocycles. The largest absolute Gasteiger partial charge is 0.457 e. The summed E-state index contributed by atoms with van der Waals surface area (Å²) < 4.78 is 15.9. The van der Waals surface area contributed by atoms with Gasteiger partial charge in [0.15, 0.2) is 5.79 Å². The predicted molar refractivity (Wildman–Crippen MR) is 80.8 cm³/mol. The molecule has 132 valence electrons. The van der Waals surface area contributed by atoms with Gasteiger partial charge in [-0.05, 0) is 20.8 Å². The predicted octanol–water partition coefficient (Wildman–Crippen LogP) is -0.500. The van der Waals surface area contributed by atoms with Gasteiger partial charge in [-0.3, -0.25) is 4.79 Å². The Kier molecular flexibility index (Phi) is 4.91. The van der Waals surface area contributed by atoms with Crippen LogP contribution in [0.25, 0.3) is 5.53 Å². The van der Waals surface area contributed by atoms with Crippen LogP contribution < -0.4 is 0 Å². The summed E-state index contributed by atoms with van der Waals surface area (Å²) >= 11 is 0. The fourth-order valence-corrected chi connectivity index (χ4v) is 3.02. The summed E-state index contributed by atoms with van der Waals surface area (Å²) in [6.45, 7) is 8.73. The van der Waals surface area contributed by atoms with Gasteiger partial charge in [-0.15, -0.1) is 6.58 Å². The van der Waals surface area contributed by atoms with E-state index in [1.807, 2.05) is 0 Å². The number of amides is 1. The Morgan fingerprint density at radius 3 is 2.75 bits per heavy atom. The topological polar surface area (TPSA) is 122 Å². The molecule has 0 aliphatic carbocycles. The maximum Gasteiger partial charge on any atom is 0.420 e. The second-order valence-corrected chi connectivity index (χ2v) is 5.99. The van der Waals surface area contributed by atoms with Crippen molar-refractivity contribution in [3.63, 3.8) is 0 Å². The second kappa shape index (κ2) is 6.45. The third-order valence-electron chi connectivity index (χ3n) is 3.99. The van der Waals surface area contributed by atoms with Crippen molar-refractivity contribution in [1.82, 2.24) is 4.90 Å². The number of carbonyl (C=O) groups excluding carboxylic acids is 2. The van der Waals surface area contributed by atoms with Gasteiger partial charge in [0, 0.05) is 6.54 Å². The molecule has 1 unspecified atom stereocenters. The molecule has 9 nitrogen and oxygen atoms in total. The number of β-lactam (4-membered cyclic amide) rings is 1. The quantitative estimate of drug-likeness (QED) is 0.174. The molecule has 0 aromatic heterocycles. The van der Waals surface area contributed by atoms with Crippen LogP contribution in [0.5, 0.6) is 0 Å². The van der Waals surface area contributed by atoms with E-state index in [1.54, 1.807) is 20.8 Å². The molecule has 2 rings (SSSR count). The van der Waals surface area contributed by atoms with E-state index in [0.29, 0.717) is 0 Å². The number of likely N-dealkylation sites (tertiary alicyclic amines) is 1. The van der Waals surface area contributed by atoms with Crippen molar-refractivity contribution in [2.24, 2.45) is 0 Å². The van der Waals surface area contributed by atoms with Crippen molar-refractivity contribution >= 4 is 17.6 Å². The molecule has 0 aromatic carbocycles. The molecule has 2 aliphatic rings. The molecule has 1 amide bonds. The van der Waals surface area contributed by atoms with Crippen LogP contribution in [0.15, 0.2) is 12.7 Å². The normalized spacial score (nSPS) is 31.2. The van der Waals surface area contributed by atoms with Crippen molar-refractivity contribution in [2.75, 3.05) is 19.8 Å². The van der Waals surface area contributed by atoms with E-state index in [9.17, 15) is 20.2 Å². The van der Waals surface area contributed by atoms with Crippen molar-refractivity contribution < 1.29 is 33.7 Å². The van der Waals surface area contributed by atoms with Crippen molar-refractivity contribution in [3.8, 4) is 0 Å². The fraction of sp³-hybridized carbons (Fsp3) is 0.667. The minimum Gasteiger partial charge on any atom is -0.457 e. The maximum atomic E-state index is 12.4. The number of carbonyl (C=O) groups is 2. The minimum absolute atomic E-state index is 0.000761. The summed E-state index contributed by atoms with van der Waals surface area (Å²) in [5.41, 5.74) is 6.07. The van der Waals surface area contributed by atoms with Crippen LogP contribution in [-0.2, 0) is 23.8 Å². The van der Waals surface area contributed by atoms with Crippen molar-refractivity contribution in [1.29, 1.82) is 0 Å². The van der Waals surface area contributed by atoms with Gasteiger partial charge in [-0.2, -0.15) is 4.79 Å². The Hall–Kier alpha value is -2.06. The monoisotopic (exact) mass is 339 g/mol. The Bertz CT molecular complexity index is 612. The van der Waals surface area contributed by atoms with Crippen LogP contribution in [0.1, 0.15) is 20.8 Å². The lowest BCUT2D eigenvalue weighted by atomic mass is 9.75. The van der Waals surface area contributed by atoms with E-state index < -0.39 is 41.1 Å². The van der Waals surface area contributed by atoms with Crippen LogP contribution in [0.4, 0.5) is 0 Å². The first-order valence-electron chi connectivity index (χ1n) is 7.58. The maximum absolute atomic E-state index is 12.4. The molecule has 0 bridgehead atoms. The number of hydrogen-bond acceptors (Lipinski definition) is 6. The molecular weight excluding hydrogens is 318 g/mol. The van der Waals surface area contributed by atoms with E-state index in [0.717, 1.165) is 0 Å². The molecule has 0 spiro atoms. The summed E-state index contributed by atoms with van der Waals surface area (Å²) in [7, 11) is 0. The molecule has 0 aromatic rings. The molecule has 2 saturated heterocycles. The number of nitrogens with zero attached hydrogens (tertiary/aromatic N) is 3. The van der Waals surface area contributed by atoms with Gasteiger partial charge < -0.3 is 29.7 Å². The van der Waals surface area contributed by atoms with Gasteiger partial charge in [0.2, 0.25) is 0 Å². The highest BCUT2D eigenvalue weighted by Gasteiger charge is 2.73. The highest BCUT2D eigenvalue weighted by Crippen LogP contribution is 2.39. The molecule has 2 fully saturated rings. The molecule has 0 saturated carbocycles. The molecule has 9 heteroatoms. The minimum atomic E-state index is -2.35. The van der Waals surface area contributed by atoms with Crippen molar-refractivity contribution in [3.05, 3.63) is 18.2 Å². The zero-order valence-corrected chi connectivity index (χ0v) is 13.9. The summed E-state index contributed by atoms with van der Waals surface area (Å²) in [4.78, 5) is 28.5. The second-order valence-electron chi connectivity index (χ2n) is 5.99. The van der Waals surface area contributed by atoms with Gasteiger partial charge in [0.1, 0.15) is 12.1 Å². The fourth-order valence-electron chi connectivity index (χ4n) is 3.02. The summed E-state index contributed by atoms with van der Waals surface area (Å²) in [6.07, 6.45) is 0.764. The van der Waals surface area contributed by atoms with Gasteiger partial charge in [0.05, 0.1) is 13.2 Å². The molecule has 24 heavy (non-hydrogen) atoms. The van der Waals surface area contributed by atoms with Crippen LogP contribution in [0.2, 0.25) is 0 Å². The van der Waals surface area contributed by atoms with Crippen LogP contribution in [0, 0.1) is 0 Å². The van der Waals surface area contributed by atoms with E-state index in [-0.39, 0.29) is 19.8 Å². The average molecular weight is 339 g/mol. The van der Waals surface area contributed by atoms with E-state index in [4.69, 9.17) is 14.2 Å². The lowest BCUT2D eigenvalue weighted by Gasteiger charge is -2.51. The molecule has 1 N–H and O–H groups in total. The highest BCUT2D eigenvalue weighted by atomic mass is 16.7. The third kappa shape index (κ3) is 2.76. The Balaban J connectivity index is 2.38. The van der Waals surface area contributed by atoms with Crippen molar-refractivity contribution in [2.45, 2.75) is 44.3 Å². The molecule has 2 aliphatic heterocycles. The van der Waals surface area contributed by atoms with Gasteiger partial charge >= 0.3 is 11.7 Å². The van der Waals surface area contributed by atoms with Gasteiger partial charge in [0.25, 0.3) is 11.5 Å². The van der Waals surface area contributed by atoms with Crippen LogP contribution >= 0.6 is 0 Å². The molecular formula is C15H21N3O6. The molecule has 0 radical (unpaired) electrons. The number of rotatable bonds is 6. The summed E-state index contributed by atoms with van der Waals surface area (Å²) in [5, 5.41) is 10.9. The zero-order valence-electron chi connectivity index (χ0n) is 13.9. The Labute approximate surface area is 139 Å². The van der Waals surface area contributed by atoms with E-state index in [2.05, 4.69) is 11.4 Å². The smallest absolute Gasteiger partial charge is 0.420 e. The summed E-state index contributed by atoms with van der Waals surface area (Å²) in [6, 6.07) is -0.972.